The van der Waals surface area contributed by atoms with E-state index in [1.54, 1.807) is 18.3 Å². The maximum atomic E-state index is 12.9. The molecular weight excluding hydrogens is 413 g/mol. The molecule has 4 N–H and O–H groups in total. The summed E-state index contributed by atoms with van der Waals surface area (Å²) in [6, 6.07) is 12.7. The van der Waals surface area contributed by atoms with Gasteiger partial charge in [0.2, 0.25) is 5.91 Å². The minimum Gasteiger partial charge on any atom is -0.365 e. The normalized spacial score (nSPS) is 15.5. The molecule has 1 saturated heterocycles. The van der Waals surface area contributed by atoms with Crippen LogP contribution >= 0.6 is 24.8 Å². The molecular formula is C20H27Cl2N5O2. The predicted molar refractivity (Wildman–Crippen MR) is 119 cm³/mol. The van der Waals surface area contributed by atoms with E-state index in [-0.39, 0.29) is 42.7 Å². The molecule has 1 fully saturated rings. The molecule has 0 aliphatic carbocycles. The van der Waals surface area contributed by atoms with Gasteiger partial charge in [0, 0.05) is 38.4 Å². The van der Waals surface area contributed by atoms with E-state index in [4.69, 9.17) is 11.5 Å². The minimum absolute atomic E-state index is 0. The maximum Gasteiger partial charge on any atom is 0.252 e. The van der Waals surface area contributed by atoms with E-state index in [0.717, 1.165) is 5.56 Å². The summed E-state index contributed by atoms with van der Waals surface area (Å²) < 4.78 is 0. The second kappa shape index (κ2) is 11.0. The van der Waals surface area contributed by atoms with Gasteiger partial charge in [-0.1, -0.05) is 37.3 Å². The SMILES string of the molecule is CC(C(=O)N1CCN(c2ncccc2C(N)=O)CC1)C(N)c1ccccc1.Cl.Cl. The Hall–Kier alpha value is -2.35. The van der Waals surface area contributed by atoms with Crippen LogP contribution in [0.5, 0.6) is 0 Å². The van der Waals surface area contributed by atoms with Crippen molar-refractivity contribution in [3.05, 3.63) is 59.8 Å². The number of hydrogen-bond acceptors (Lipinski definition) is 5. The maximum absolute atomic E-state index is 12.9. The highest BCUT2D eigenvalue weighted by atomic mass is 35.5. The average Bonchev–Trinajstić information content (AvgIpc) is 2.73. The van der Waals surface area contributed by atoms with Crippen LogP contribution in [0.3, 0.4) is 0 Å². The summed E-state index contributed by atoms with van der Waals surface area (Å²) >= 11 is 0. The van der Waals surface area contributed by atoms with Crippen molar-refractivity contribution in [3.63, 3.8) is 0 Å². The number of nitrogens with two attached hydrogens (primary N) is 2. The molecule has 1 aromatic carbocycles. The predicted octanol–water partition coefficient (Wildman–Crippen LogP) is 2.01. The van der Waals surface area contributed by atoms with Crippen LogP contribution in [0.2, 0.25) is 0 Å². The Balaban J connectivity index is 0.00000210. The van der Waals surface area contributed by atoms with Crippen LogP contribution in [0.15, 0.2) is 48.7 Å². The summed E-state index contributed by atoms with van der Waals surface area (Å²) in [6.07, 6.45) is 1.64. The summed E-state index contributed by atoms with van der Waals surface area (Å²) in [7, 11) is 0. The highest BCUT2D eigenvalue weighted by Crippen LogP contribution is 2.23. The zero-order chi connectivity index (χ0) is 19.4. The number of nitrogens with zero attached hydrogens (tertiary/aromatic N) is 3. The number of rotatable bonds is 5. The Labute approximate surface area is 183 Å². The zero-order valence-electron chi connectivity index (χ0n) is 16.2. The molecule has 3 rings (SSSR count). The number of hydrogen-bond donors (Lipinski definition) is 2. The molecule has 1 aliphatic rings. The first-order valence-corrected chi connectivity index (χ1v) is 9.08. The molecule has 0 saturated carbocycles. The van der Waals surface area contributed by atoms with Crippen LogP contribution in [0.25, 0.3) is 0 Å². The summed E-state index contributed by atoms with van der Waals surface area (Å²) in [5, 5.41) is 0. The van der Waals surface area contributed by atoms with Gasteiger partial charge in [-0.3, -0.25) is 9.59 Å². The van der Waals surface area contributed by atoms with Crippen molar-refractivity contribution in [1.29, 1.82) is 0 Å². The molecule has 9 heteroatoms. The van der Waals surface area contributed by atoms with Crippen LogP contribution < -0.4 is 16.4 Å². The summed E-state index contributed by atoms with van der Waals surface area (Å²) in [6.45, 7) is 4.17. The van der Waals surface area contributed by atoms with Gasteiger partial charge in [0.05, 0.1) is 11.5 Å². The highest BCUT2D eigenvalue weighted by Gasteiger charge is 2.30. The lowest BCUT2D eigenvalue weighted by Crippen LogP contribution is -2.51. The molecule has 2 aromatic rings. The lowest BCUT2D eigenvalue weighted by atomic mass is 9.94. The first-order valence-electron chi connectivity index (χ1n) is 9.08. The average molecular weight is 440 g/mol. The van der Waals surface area contributed by atoms with E-state index in [1.807, 2.05) is 47.1 Å². The number of halogens is 2. The second-order valence-corrected chi connectivity index (χ2v) is 6.78. The van der Waals surface area contributed by atoms with E-state index in [2.05, 4.69) is 4.98 Å². The van der Waals surface area contributed by atoms with Crippen molar-refractivity contribution in [2.45, 2.75) is 13.0 Å². The zero-order valence-corrected chi connectivity index (χ0v) is 17.9. The molecule has 1 aliphatic heterocycles. The standard InChI is InChI=1S/C20H25N5O2.2ClH/c1-14(17(21)15-6-3-2-4-7-15)20(27)25-12-10-24(11-13-25)19-16(18(22)26)8-5-9-23-19;;/h2-9,14,17H,10-13,21H2,1H3,(H2,22,26);2*1H. The summed E-state index contributed by atoms with van der Waals surface area (Å²) in [5.74, 6) is -0.192. The van der Waals surface area contributed by atoms with Crippen molar-refractivity contribution >= 4 is 42.4 Å². The van der Waals surface area contributed by atoms with Crippen molar-refractivity contribution in [1.82, 2.24) is 9.88 Å². The number of anilines is 1. The first kappa shape index (κ1) is 24.7. The van der Waals surface area contributed by atoms with Crippen molar-refractivity contribution in [2.75, 3.05) is 31.1 Å². The Bertz CT molecular complexity index is 814. The van der Waals surface area contributed by atoms with Crippen LogP contribution in [0, 0.1) is 5.92 Å². The van der Waals surface area contributed by atoms with Crippen molar-refractivity contribution in [3.8, 4) is 0 Å². The molecule has 1 aromatic heterocycles. The van der Waals surface area contributed by atoms with Gasteiger partial charge in [0.25, 0.3) is 5.91 Å². The van der Waals surface area contributed by atoms with Crippen LogP contribution in [-0.2, 0) is 4.79 Å². The molecule has 0 spiro atoms. The molecule has 2 atom stereocenters. The number of aromatic nitrogens is 1. The van der Waals surface area contributed by atoms with E-state index in [1.165, 1.54) is 0 Å². The second-order valence-electron chi connectivity index (χ2n) is 6.78. The Morgan fingerprint density at radius 3 is 2.21 bits per heavy atom. The fourth-order valence-corrected chi connectivity index (χ4v) is 3.39. The molecule has 0 radical (unpaired) electrons. The monoisotopic (exact) mass is 439 g/mol. The van der Waals surface area contributed by atoms with E-state index in [0.29, 0.717) is 37.6 Å². The molecule has 7 nitrogen and oxygen atoms in total. The number of pyridine rings is 1. The highest BCUT2D eigenvalue weighted by molar-refractivity contribution is 5.97. The number of carbonyl (C=O) groups excluding carboxylic acids is 2. The third kappa shape index (κ3) is 5.59. The van der Waals surface area contributed by atoms with Gasteiger partial charge in [-0.2, -0.15) is 0 Å². The number of carbonyl (C=O) groups is 2. The Morgan fingerprint density at radius 1 is 1.00 bits per heavy atom. The quantitative estimate of drug-likeness (QED) is 0.740. The van der Waals surface area contributed by atoms with Crippen molar-refractivity contribution in [2.24, 2.45) is 17.4 Å². The fraction of sp³-hybridized carbons (Fsp3) is 0.350. The van der Waals surface area contributed by atoms with Crippen LogP contribution in [0.1, 0.15) is 28.9 Å². The molecule has 2 heterocycles. The fourth-order valence-electron chi connectivity index (χ4n) is 3.39. The smallest absolute Gasteiger partial charge is 0.252 e. The third-order valence-electron chi connectivity index (χ3n) is 5.06. The van der Waals surface area contributed by atoms with E-state index in [9.17, 15) is 9.59 Å². The Morgan fingerprint density at radius 2 is 1.62 bits per heavy atom. The third-order valence-corrected chi connectivity index (χ3v) is 5.06. The number of primary amides is 1. The topological polar surface area (TPSA) is 106 Å². The van der Waals surface area contributed by atoms with Crippen LogP contribution in [0.4, 0.5) is 5.82 Å². The van der Waals surface area contributed by atoms with Gasteiger partial charge < -0.3 is 21.3 Å². The number of piperazine rings is 1. The van der Waals surface area contributed by atoms with E-state index >= 15 is 0 Å². The summed E-state index contributed by atoms with van der Waals surface area (Å²) in [4.78, 5) is 32.6. The molecule has 158 valence electrons. The number of amides is 2. The van der Waals surface area contributed by atoms with Gasteiger partial charge in [-0.15, -0.1) is 24.8 Å². The largest absolute Gasteiger partial charge is 0.365 e. The minimum atomic E-state index is -0.501. The van der Waals surface area contributed by atoms with Crippen molar-refractivity contribution < 1.29 is 9.59 Å². The first-order chi connectivity index (χ1) is 13.0. The Kier molecular flexibility index (Phi) is 9.36. The lowest BCUT2D eigenvalue weighted by molar-refractivity contribution is -0.136. The number of benzene rings is 1. The van der Waals surface area contributed by atoms with Crippen LogP contribution in [-0.4, -0.2) is 47.9 Å². The van der Waals surface area contributed by atoms with Gasteiger partial charge in [-0.05, 0) is 17.7 Å². The van der Waals surface area contributed by atoms with Gasteiger partial charge in [0.1, 0.15) is 5.82 Å². The van der Waals surface area contributed by atoms with Gasteiger partial charge >= 0.3 is 0 Å². The van der Waals surface area contributed by atoms with Gasteiger partial charge in [0.15, 0.2) is 0 Å². The molecule has 29 heavy (non-hydrogen) atoms. The molecule has 2 amide bonds. The lowest BCUT2D eigenvalue weighted by Gasteiger charge is -2.37. The molecule has 0 bridgehead atoms. The molecule has 2 unspecified atom stereocenters. The summed E-state index contributed by atoms with van der Waals surface area (Å²) in [5.41, 5.74) is 13.1. The van der Waals surface area contributed by atoms with E-state index < -0.39 is 5.91 Å². The van der Waals surface area contributed by atoms with Gasteiger partial charge in [-0.25, -0.2) is 4.98 Å².